The van der Waals surface area contributed by atoms with Gasteiger partial charge in [0.15, 0.2) is 6.10 Å². The molecule has 0 N–H and O–H groups in total. The first kappa shape index (κ1) is 83.4. The molecule has 2 unspecified atom stereocenters. The van der Waals surface area contributed by atoms with Crippen molar-refractivity contribution in [3.63, 3.8) is 0 Å². The number of phosphoric ester groups is 1. The fraction of sp³-hybridized carbons (Fsp3) is 0.615. The van der Waals surface area contributed by atoms with Crippen LogP contribution in [0, 0.1) is 0 Å². The number of likely N-dealkylation sites (N-methyl/N-ethyl adjacent to an activating group) is 1. The number of hydrogen-bond acceptors (Lipinski definition) is 8. The monoisotopic (exact) mass is 1240 g/mol. The summed E-state index contributed by atoms with van der Waals surface area (Å²) in [6.45, 7) is 3.99. The summed E-state index contributed by atoms with van der Waals surface area (Å²) >= 11 is 0. The first-order chi connectivity index (χ1) is 43.0. The van der Waals surface area contributed by atoms with Crippen molar-refractivity contribution in [2.75, 3.05) is 47.5 Å². The number of rotatable bonds is 62. The predicted octanol–water partition coefficient (Wildman–Crippen LogP) is 22.3. The summed E-state index contributed by atoms with van der Waals surface area (Å²) in [6.07, 6.45) is 101. The molecule has 0 aromatic carbocycles. The second kappa shape index (κ2) is 66.8. The Morgan fingerprint density at radius 1 is 0.352 bits per heavy atom. The first-order valence-corrected chi connectivity index (χ1v) is 36.3. The van der Waals surface area contributed by atoms with E-state index in [1.807, 2.05) is 21.1 Å². The van der Waals surface area contributed by atoms with Crippen molar-refractivity contribution in [3.8, 4) is 0 Å². The van der Waals surface area contributed by atoms with E-state index >= 15 is 0 Å². The van der Waals surface area contributed by atoms with Crippen molar-refractivity contribution in [2.24, 2.45) is 0 Å². The molecule has 0 amide bonds. The molecule has 2 atom stereocenters. The summed E-state index contributed by atoms with van der Waals surface area (Å²) in [6, 6.07) is 0. The third-order valence-electron chi connectivity index (χ3n) is 14.2. The van der Waals surface area contributed by atoms with Crippen LogP contribution < -0.4 is 4.89 Å². The second-order valence-electron chi connectivity index (χ2n) is 23.8. The predicted molar refractivity (Wildman–Crippen MR) is 378 cm³/mol. The van der Waals surface area contributed by atoms with Crippen LogP contribution in [-0.4, -0.2) is 70.0 Å². The second-order valence-corrected chi connectivity index (χ2v) is 25.2. The average molecular weight is 1240 g/mol. The number of phosphoric acid groups is 1. The van der Waals surface area contributed by atoms with Crippen LogP contribution in [0.5, 0.6) is 0 Å². The molecule has 0 fully saturated rings. The van der Waals surface area contributed by atoms with E-state index < -0.39 is 32.5 Å². The fourth-order valence-electron chi connectivity index (χ4n) is 8.97. The van der Waals surface area contributed by atoms with Crippen molar-refractivity contribution in [1.29, 1.82) is 0 Å². The number of quaternary nitrogens is 1. The van der Waals surface area contributed by atoms with Gasteiger partial charge in [0.05, 0.1) is 27.7 Å². The molecular formula is C78H128NO8P. The highest BCUT2D eigenvalue weighted by atomic mass is 31.2. The van der Waals surface area contributed by atoms with Gasteiger partial charge in [-0.2, -0.15) is 0 Å². The Labute approximate surface area is 540 Å². The highest BCUT2D eigenvalue weighted by molar-refractivity contribution is 7.45. The van der Waals surface area contributed by atoms with Gasteiger partial charge in [0.1, 0.15) is 19.8 Å². The maximum Gasteiger partial charge on any atom is 0.306 e. The molecule has 0 aliphatic heterocycles. The molecule has 10 heteroatoms. The first-order valence-electron chi connectivity index (χ1n) is 34.8. The minimum atomic E-state index is -4.66. The van der Waals surface area contributed by atoms with E-state index in [0.29, 0.717) is 17.4 Å². The molecule has 0 bridgehead atoms. The maximum atomic E-state index is 12.9. The van der Waals surface area contributed by atoms with E-state index in [9.17, 15) is 19.0 Å². The molecule has 0 aliphatic carbocycles. The number of carbonyl (C=O) groups excluding carboxylic acids is 2. The lowest BCUT2D eigenvalue weighted by Gasteiger charge is -2.28. The lowest BCUT2D eigenvalue weighted by molar-refractivity contribution is -0.870. The van der Waals surface area contributed by atoms with Gasteiger partial charge in [0.25, 0.3) is 7.82 Å². The summed E-state index contributed by atoms with van der Waals surface area (Å²) in [5.74, 6) is -0.853. The van der Waals surface area contributed by atoms with Crippen LogP contribution in [0.4, 0.5) is 0 Å². The molecule has 0 saturated carbocycles. The number of allylic oxidation sites excluding steroid dienone is 28. The van der Waals surface area contributed by atoms with Gasteiger partial charge >= 0.3 is 11.9 Å². The minimum Gasteiger partial charge on any atom is -0.756 e. The summed E-state index contributed by atoms with van der Waals surface area (Å²) in [5, 5.41) is 0. The molecule has 0 aromatic heterocycles. The number of esters is 2. The SMILES string of the molecule is CC/C=C\C/C=C\C/C=C\C/C=C\C/C=C\C/C=C\C/C=C\C/C=C\CCCCCCCCCCC(=O)OC(COC(=O)CCCCCCCCCCCCCC/C=C\C/C=C\C/C=C\C/C=C\C/C=C\C/C=C\CC)COP(=O)([O-])OCC[N+](C)(C)C. The van der Waals surface area contributed by atoms with Crippen molar-refractivity contribution in [2.45, 2.75) is 264 Å². The van der Waals surface area contributed by atoms with Gasteiger partial charge in [0, 0.05) is 12.8 Å². The van der Waals surface area contributed by atoms with Crippen molar-refractivity contribution in [1.82, 2.24) is 0 Å². The van der Waals surface area contributed by atoms with Crippen molar-refractivity contribution >= 4 is 19.8 Å². The third-order valence-corrected chi connectivity index (χ3v) is 15.2. The molecule has 0 saturated heterocycles. The Balaban J connectivity index is 4.15. The van der Waals surface area contributed by atoms with Gasteiger partial charge in [0.2, 0.25) is 0 Å². The highest BCUT2D eigenvalue weighted by Crippen LogP contribution is 2.38. The zero-order chi connectivity index (χ0) is 64.1. The number of carbonyl (C=O) groups is 2. The number of hydrogen-bond donors (Lipinski definition) is 0. The van der Waals surface area contributed by atoms with Gasteiger partial charge in [-0.1, -0.05) is 287 Å². The summed E-state index contributed by atoms with van der Waals surface area (Å²) in [5.41, 5.74) is 0. The van der Waals surface area contributed by atoms with Gasteiger partial charge in [-0.05, 0) is 128 Å². The summed E-state index contributed by atoms with van der Waals surface area (Å²) in [7, 11) is 1.14. The lowest BCUT2D eigenvalue weighted by Crippen LogP contribution is -2.37. The number of ether oxygens (including phenoxy) is 2. The standard InChI is InChI=1S/C78H128NO8P/c1-6-8-10-12-14-16-18-20-22-24-26-28-30-32-34-36-38-39-41-43-45-47-49-51-53-55-57-59-61-63-65-67-69-71-78(81)87-76(75-86-88(82,83)85-73-72-79(3,4)5)74-84-77(80)70-68-66-64-62-60-58-56-54-52-50-48-46-44-42-40-37-35-33-31-29-27-25-23-21-19-17-15-13-11-9-7-2/h8-11,14-17,20-23,26-29,32-35,38-40,42-43,45,49,51,76H,6-7,12-13,18-19,24-25,30-31,36-37,41,44,46-48,50,52-75H2,1-5H3/b10-8-,11-9-,16-14-,17-15-,22-20-,23-21-,28-26-,29-27-,34-32-,35-33-,39-38-,42-40-,45-43-,51-49-. The quantitative estimate of drug-likeness (QED) is 0.0195. The zero-order valence-corrected chi connectivity index (χ0v) is 57.5. The fourth-order valence-corrected chi connectivity index (χ4v) is 9.70. The van der Waals surface area contributed by atoms with E-state index in [0.717, 1.165) is 141 Å². The molecule has 88 heavy (non-hydrogen) atoms. The molecule has 0 aromatic rings. The molecule has 0 radical (unpaired) electrons. The Hall–Kier alpha value is -4.63. The Bertz CT molecular complexity index is 2090. The van der Waals surface area contributed by atoms with E-state index in [4.69, 9.17) is 18.5 Å². The van der Waals surface area contributed by atoms with Crippen LogP contribution in [0.2, 0.25) is 0 Å². The van der Waals surface area contributed by atoms with E-state index in [2.05, 4.69) is 184 Å². The zero-order valence-electron chi connectivity index (χ0n) is 56.6. The largest absolute Gasteiger partial charge is 0.756 e. The van der Waals surface area contributed by atoms with E-state index in [1.54, 1.807) is 0 Å². The Kier molecular flexibility index (Phi) is 63.3. The number of nitrogens with zero attached hydrogens (tertiary/aromatic N) is 1. The third kappa shape index (κ3) is 70.5. The van der Waals surface area contributed by atoms with Crippen molar-refractivity contribution in [3.05, 3.63) is 170 Å². The van der Waals surface area contributed by atoms with Crippen LogP contribution in [0.1, 0.15) is 258 Å². The summed E-state index contributed by atoms with van der Waals surface area (Å²) in [4.78, 5) is 38.1. The number of unbranched alkanes of at least 4 members (excludes halogenated alkanes) is 20. The smallest absolute Gasteiger partial charge is 0.306 e. The van der Waals surface area contributed by atoms with Gasteiger partial charge in [-0.25, -0.2) is 0 Å². The van der Waals surface area contributed by atoms with Crippen LogP contribution in [0.15, 0.2) is 170 Å². The average Bonchev–Trinajstić information content (AvgIpc) is 3.56. The van der Waals surface area contributed by atoms with E-state index in [-0.39, 0.29) is 26.1 Å². The minimum absolute atomic E-state index is 0.0416. The van der Waals surface area contributed by atoms with Crippen LogP contribution in [0.25, 0.3) is 0 Å². The molecule has 0 spiro atoms. The highest BCUT2D eigenvalue weighted by Gasteiger charge is 2.22. The lowest BCUT2D eigenvalue weighted by atomic mass is 10.0. The molecule has 9 nitrogen and oxygen atoms in total. The van der Waals surface area contributed by atoms with Crippen molar-refractivity contribution < 1.29 is 42.1 Å². The maximum absolute atomic E-state index is 12.9. The Morgan fingerprint density at radius 2 is 0.614 bits per heavy atom. The molecule has 0 heterocycles. The normalized spacial score (nSPS) is 14.2. The Morgan fingerprint density at radius 3 is 0.909 bits per heavy atom. The van der Waals surface area contributed by atoms with E-state index in [1.165, 1.54) is 83.5 Å². The van der Waals surface area contributed by atoms with Crippen LogP contribution >= 0.6 is 7.82 Å². The van der Waals surface area contributed by atoms with Crippen LogP contribution in [0.3, 0.4) is 0 Å². The molecule has 0 rings (SSSR count). The molecule has 498 valence electrons. The summed E-state index contributed by atoms with van der Waals surface area (Å²) < 4.78 is 34.3. The molecule has 0 aliphatic rings. The topological polar surface area (TPSA) is 111 Å². The molecular weight excluding hydrogens is 1110 g/mol. The van der Waals surface area contributed by atoms with Gasteiger partial charge < -0.3 is 27.9 Å². The van der Waals surface area contributed by atoms with Crippen LogP contribution in [-0.2, 0) is 32.7 Å². The van der Waals surface area contributed by atoms with Gasteiger partial charge in [-0.3, -0.25) is 14.2 Å². The van der Waals surface area contributed by atoms with Gasteiger partial charge in [-0.15, -0.1) is 0 Å².